The van der Waals surface area contributed by atoms with Crippen LogP contribution < -0.4 is 4.90 Å². The molecule has 1 unspecified atom stereocenters. The molecule has 34 heavy (non-hydrogen) atoms. The SMILES string of the molecule is CCCCCCC(C/C=C\CCCCCCCC(=O)OC)N=C/C=C/c1ccc(N(C)C)cc1. The largest absolute Gasteiger partial charge is 0.469 e. The van der Waals surface area contributed by atoms with Gasteiger partial charge in [0.05, 0.1) is 13.2 Å². The van der Waals surface area contributed by atoms with Gasteiger partial charge >= 0.3 is 5.97 Å². The first kappa shape index (κ1) is 29.7. The number of benzene rings is 1. The Labute approximate surface area is 209 Å². The van der Waals surface area contributed by atoms with Gasteiger partial charge in [0.1, 0.15) is 0 Å². The predicted molar refractivity (Wildman–Crippen MR) is 149 cm³/mol. The Balaban J connectivity index is 2.37. The molecule has 0 spiro atoms. The number of unbranched alkanes of at least 4 members (excludes halogenated alkanes) is 8. The smallest absolute Gasteiger partial charge is 0.305 e. The molecule has 190 valence electrons. The highest BCUT2D eigenvalue weighted by Crippen LogP contribution is 2.15. The van der Waals surface area contributed by atoms with Gasteiger partial charge in [-0.3, -0.25) is 9.79 Å². The number of aliphatic imine (C=N–C) groups is 1. The molecule has 0 amide bonds. The van der Waals surface area contributed by atoms with E-state index in [9.17, 15) is 4.79 Å². The van der Waals surface area contributed by atoms with E-state index in [2.05, 4.69) is 79.2 Å². The third-order valence-electron chi connectivity index (χ3n) is 6.03. The van der Waals surface area contributed by atoms with Crippen LogP contribution in [0.25, 0.3) is 6.08 Å². The van der Waals surface area contributed by atoms with Crippen LogP contribution in [0.3, 0.4) is 0 Å². The second kappa shape index (κ2) is 20.1. The number of anilines is 1. The van der Waals surface area contributed by atoms with Crippen LogP contribution in [0.1, 0.15) is 96.0 Å². The van der Waals surface area contributed by atoms with Crippen LogP contribution in [0.15, 0.2) is 47.5 Å². The van der Waals surface area contributed by atoms with Crippen LogP contribution in [0.4, 0.5) is 5.69 Å². The fourth-order valence-electron chi connectivity index (χ4n) is 3.80. The standard InChI is InChI=1S/C30H48N2O2/c1-5-6-7-14-19-28(20-15-12-10-8-9-11-13-16-21-30(33)34-4)31-26-17-18-27-22-24-29(25-23-27)32(2)3/h12,15,17-18,22-26,28H,5-11,13-14,16,19-21H2,1-4H3/b15-12-,18-17+,31-26?. The van der Waals surface area contributed by atoms with Crippen LogP contribution in [0.2, 0.25) is 0 Å². The Hall–Kier alpha value is -2.36. The number of nitrogens with zero attached hydrogens (tertiary/aromatic N) is 2. The zero-order chi connectivity index (χ0) is 24.9. The van der Waals surface area contributed by atoms with Crippen molar-refractivity contribution in [1.82, 2.24) is 0 Å². The predicted octanol–water partition coefficient (Wildman–Crippen LogP) is 8.03. The van der Waals surface area contributed by atoms with Crippen molar-refractivity contribution in [2.75, 3.05) is 26.1 Å². The summed E-state index contributed by atoms with van der Waals surface area (Å²) in [5.41, 5.74) is 2.41. The van der Waals surface area contributed by atoms with Gasteiger partial charge in [-0.05, 0) is 55.9 Å². The number of methoxy groups -OCH3 is 1. The van der Waals surface area contributed by atoms with Gasteiger partial charge in [0.2, 0.25) is 0 Å². The molecule has 0 saturated carbocycles. The minimum Gasteiger partial charge on any atom is -0.469 e. The molecule has 0 aliphatic carbocycles. The lowest BCUT2D eigenvalue weighted by Crippen LogP contribution is -2.07. The van der Waals surface area contributed by atoms with Gasteiger partial charge in [-0.25, -0.2) is 0 Å². The summed E-state index contributed by atoms with van der Waals surface area (Å²) < 4.78 is 4.68. The molecule has 1 rings (SSSR count). The minimum absolute atomic E-state index is 0.0935. The number of carbonyl (C=O) groups is 1. The van der Waals surface area contributed by atoms with E-state index in [0.29, 0.717) is 12.5 Å². The summed E-state index contributed by atoms with van der Waals surface area (Å²) in [6, 6.07) is 8.93. The van der Waals surface area contributed by atoms with Gasteiger partial charge in [0.15, 0.2) is 0 Å². The average Bonchev–Trinajstić information content (AvgIpc) is 2.85. The summed E-state index contributed by atoms with van der Waals surface area (Å²) in [4.78, 5) is 18.1. The first-order valence-corrected chi connectivity index (χ1v) is 13.3. The Kier molecular flexibility index (Phi) is 17.5. The summed E-state index contributed by atoms with van der Waals surface area (Å²) in [5.74, 6) is -0.0935. The van der Waals surface area contributed by atoms with Gasteiger partial charge in [0, 0.05) is 32.4 Å². The highest BCUT2D eigenvalue weighted by Gasteiger charge is 2.03. The van der Waals surface area contributed by atoms with E-state index in [0.717, 1.165) is 32.1 Å². The van der Waals surface area contributed by atoms with Crippen molar-refractivity contribution in [3.05, 3.63) is 48.1 Å². The third kappa shape index (κ3) is 15.5. The summed E-state index contributed by atoms with van der Waals surface area (Å²) in [5, 5.41) is 0. The van der Waals surface area contributed by atoms with Gasteiger partial charge in [0.25, 0.3) is 0 Å². The lowest BCUT2D eigenvalue weighted by Gasteiger charge is -2.11. The Morgan fingerprint density at radius 1 is 0.971 bits per heavy atom. The monoisotopic (exact) mass is 468 g/mol. The topological polar surface area (TPSA) is 41.9 Å². The summed E-state index contributed by atoms with van der Waals surface area (Å²) in [7, 11) is 5.57. The maximum absolute atomic E-state index is 11.1. The van der Waals surface area contributed by atoms with Crippen molar-refractivity contribution in [3.8, 4) is 0 Å². The fourth-order valence-corrected chi connectivity index (χ4v) is 3.80. The number of hydrogen-bond acceptors (Lipinski definition) is 4. The molecule has 1 atom stereocenters. The second-order valence-corrected chi connectivity index (χ2v) is 9.24. The van der Waals surface area contributed by atoms with Crippen LogP contribution in [0.5, 0.6) is 0 Å². The molecular weight excluding hydrogens is 420 g/mol. The van der Waals surface area contributed by atoms with Gasteiger partial charge < -0.3 is 9.64 Å². The van der Waals surface area contributed by atoms with Gasteiger partial charge in [-0.2, -0.15) is 0 Å². The summed E-state index contributed by atoms with van der Waals surface area (Å²) >= 11 is 0. The maximum Gasteiger partial charge on any atom is 0.305 e. The van der Waals surface area contributed by atoms with E-state index in [4.69, 9.17) is 4.99 Å². The Morgan fingerprint density at radius 3 is 2.38 bits per heavy atom. The van der Waals surface area contributed by atoms with E-state index >= 15 is 0 Å². The molecule has 0 aliphatic rings. The van der Waals surface area contributed by atoms with Gasteiger partial charge in [-0.15, -0.1) is 0 Å². The summed E-state index contributed by atoms with van der Waals surface area (Å²) in [6.07, 6.45) is 25.5. The first-order chi connectivity index (χ1) is 16.6. The number of esters is 1. The molecule has 0 fully saturated rings. The molecule has 0 saturated heterocycles. The van der Waals surface area contributed by atoms with Crippen LogP contribution >= 0.6 is 0 Å². The molecule has 0 radical (unpaired) electrons. The van der Waals surface area contributed by atoms with E-state index < -0.39 is 0 Å². The highest BCUT2D eigenvalue weighted by molar-refractivity contribution is 5.78. The molecule has 0 heterocycles. The molecule has 1 aromatic carbocycles. The van der Waals surface area contributed by atoms with Crippen LogP contribution in [-0.4, -0.2) is 39.4 Å². The van der Waals surface area contributed by atoms with E-state index in [-0.39, 0.29) is 5.97 Å². The normalized spacial score (nSPS) is 12.7. The van der Waals surface area contributed by atoms with Crippen molar-refractivity contribution < 1.29 is 9.53 Å². The Bertz CT molecular complexity index is 720. The lowest BCUT2D eigenvalue weighted by atomic mass is 10.0. The number of hydrogen-bond donors (Lipinski definition) is 0. The molecule has 4 nitrogen and oxygen atoms in total. The molecule has 0 N–H and O–H groups in total. The van der Waals surface area contributed by atoms with Crippen molar-refractivity contribution in [3.63, 3.8) is 0 Å². The molecule has 1 aromatic rings. The van der Waals surface area contributed by atoms with Gasteiger partial charge in [-0.1, -0.05) is 82.2 Å². The number of ether oxygens (including phenoxy) is 1. The highest BCUT2D eigenvalue weighted by atomic mass is 16.5. The number of allylic oxidation sites excluding steroid dienone is 2. The van der Waals surface area contributed by atoms with Crippen LogP contribution in [0, 0.1) is 0 Å². The zero-order valence-corrected chi connectivity index (χ0v) is 22.2. The van der Waals surface area contributed by atoms with E-state index in [1.54, 1.807) is 0 Å². The molecular formula is C30H48N2O2. The number of rotatable bonds is 19. The van der Waals surface area contributed by atoms with E-state index in [1.807, 2.05) is 6.21 Å². The van der Waals surface area contributed by atoms with Crippen LogP contribution in [-0.2, 0) is 9.53 Å². The average molecular weight is 469 g/mol. The second-order valence-electron chi connectivity index (χ2n) is 9.24. The Morgan fingerprint density at radius 2 is 1.68 bits per heavy atom. The quantitative estimate of drug-likeness (QED) is 0.0893. The number of carbonyl (C=O) groups excluding carboxylic acids is 1. The lowest BCUT2D eigenvalue weighted by molar-refractivity contribution is -0.140. The molecule has 4 heteroatoms. The zero-order valence-electron chi connectivity index (χ0n) is 22.2. The molecule has 0 aromatic heterocycles. The minimum atomic E-state index is -0.0935. The van der Waals surface area contributed by atoms with Crippen molar-refractivity contribution in [2.45, 2.75) is 96.4 Å². The third-order valence-corrected chi connectivity index (χ3v) is 6.03. The molecule has 0 aliphatic heterocycles. The maximum atomic E-state index is 11.1. The van der Waals surface area contributed by atoms with Crippen molar-refractivity contribution in [1.29, 1.82) is 0 Å². The first-order valence-electron chi connectivity index (χ1n) is 13.3. The van der Waals surface area contributed by atoms with Crippen molar-refractivity contribution in [2.24, 2.45) is 4.99 Å². The van der Waals surface area contributed by atoms with E-state index in [1.165, 1.54) is 63.3 Å². The fraction of sp³-hybridized carbons (Fsp3) is 0.600. The summed E-state index contributed by atoms with van der Waals surface area (Å²) in [6.45, 7) is 2.26. The molecule has 0 bridgehead atoms. The van der Waals surface area contributed by atoms with Crippen molar-refractivity contribution >= 4 is 23.9 Å².